The molecule has 3 fully saturated rings. The number of fused-ring (bicyclic) bond motifs is 2. The zero-order chi connectivity index (χ0) is 30.0. The number of benzene rings is 3. The molecule has 44 heavy (non-hydrogen) atoms. The molecule has 3 heterocycles. The highest BCUT2D eigenvalue weighted by atomic mass is 32.2. The van der Waals surface area contributed by atoms with Crippen molar-refractivity contribution in [3.8, 4) is 11.5 Å². The fourth-order valence-electron chi connectivity index (χ4n) is 6.77. The van der Waals surface area contributed by atoms with Crippen LogP contribution in [0.3, 0.4) is 0 Å². The Labute approximate surface area is 261 Å². The van der Waals surface area contributed by atoms with Crippen molar-refractivity contribution < 1.29 is 23.5 Å². The summed E-state index contributed by atoms with van der Waals surface area (Å²) in [6.07, 6.45) is 4.32. The van der Waals surface area contributed by atoms with E-state index in [-0.39, 0.29) is 41.6 Å². The van der Waals surface area contributed by atoms with Crippen LogP contribution in [-0.4, -0.2) is 70.8 Å². The second-order valence-electron chi connectivity index (χ2n) is 12.0. The number of amides is 2. The first-order valence-electron chi connectivity index (χ1n) is 15.4. The van der Waals surface area contributed by atoms with Crippen LogP contribution in [0.1, 0.15) is 36.0 Å². The van der Waals surface area contributed by atoms with Crippen molar-refractivity contribution in [3.05, 3.63) is 100 Å². The molecular weight excluding hydrogens is 577 g/mol. The van der Waals surface area contributed by atoms with Gasteiger partial charge in [0.1, 0.15) is 5.82 Å². The summed E-state index contributed by atoms with van der Waals surface area (Å²) in [4.78, 5) is 34.8. The smallest absolute Gasteiger partial charge is 0.260 e. The monoisotopic (exact) mass is 613 g/mol. The third kappa shape index (κ3) is 6.21. The van der Waals surface area contributed by atoms with Gasteiger partial charge < -0.3 is 19.3 Å². The van der Waals surface area contributed by atoms with Gasteiger partial charge in [0, 0.05) is 56.5 Å². The van der Waals surface area contributed by atoms with E-state index in [1.807, 2.05) is 58.3 Å². The number of piperazine rings is 1. The third-order valence-corrected chi connectivity index (χ3v) is 10.5. The average Bonchev–Trinajstić information content (AvgIpc) is 3.52. The molecule has 3 unspecified atom stereocenters. The number of hydrogen-bond acceptors (Lipinski definition) is 6. The summed E-state index contributed by atoms with van der Waals surface area (Å²) in [7, 11) is 0. The van der Waals surface area contributed by atoms with Crippen LogP contribution in [0.2, 0.25) is 0 Å². The average molecular weight is 614 g/mol. The summed E-state index contributed by atoms with van der Waals surface area (Å²) in [6, 6.07) is 22.3. The van der Waals surface area contributed by atoms with Gasteiger partial charge in [-0.2, -0.15) is 0 Å². The Balaban J connectivity index is 1.02. The van der Waals surface area contributed by atoms with Crippen molar-refractivity contribution in [1.82, 2.24) is 14.7 Å². The van der Waals surface area contributed by atoms with Crippen molar-refractivity contribution in [3.63, 3.8) is 0 Å². The fourth-order valence-corrected chi connectivity index (χ4v) is 8.19. The van der Waals surface area contributed by atoms with Gasteiger partial charge in [-0.15, -0.1) is 11.8 Å². The second-order valence-corrected chi connectivity index (χ2v) is 13.3. The minimum absolute atomic E-state index is 0.0188. The number of carbonyl (C=O) groups is 2. The van der Waals surface area contributed by atoms with Gasteiger partial charge in [0.2, 0.25) is 12.7 Å². The van der Waals surface area contributed by atoms with Crippen molar-refractivity contribution >= 4 is 29.7 Å². The third-order valence-electron chi connectivity index (χ3n) is 9.15. The maximum Gasteiger partial charge on any atom is 0.260 e. The van der Waals surface area contributed by atoms with Gasteiger partial charge in [0.15, 0.2) is 11.5 Å². The van der Waals surface area contributed by atoms with Crippen molar-refractivity contribution in [1.29, 1.82) is 0 Å². The van der Waals surface area contributed by atoms with Crippen LogP contribution < -0.4 is 9.47 Å². The highest BCUT2D eigenvalue weighted by Crippen LogP contribution is 2.45. The molecule has 3 atom stereocenters. The minimum Gasteiger partial charge on any atom is -0.454 e. The van der Waals surface area contributed by atoms with E-state index in [9.17, 15) is 14.0 Å². The molecule has 3 aliphatic heterocycles. The summed E-state index contributed by atoms with van der Waals surface area (Å²) >= 11 is 1.65. The number of thioether (sulfide) groups is 1. The van der Waals surface area contributed by atoms with E-state index in [0.717, 1.165) is 60.0 Å². The quantitative estimate of drug-likeness (QED) is 0.340. The highest BCUT2D eigenvalue weighted by molar-refractivity contribution is 8.04. The maximum absolute atomic E-state index is 13.9. The number of carbonyl (C=O) groups excluding carboxylic acids is 2. The number of halogens is 1. The van der Waals surface area contributed by atoms with Crippen LogP contribution in [-0.2, 0) is 22.7 Å². The predicted molar refractivity (Wildman–Crippen MR) is 168 cm³/mol. The maximum atomic E-state index is 13.9. The van der Waals surface area contributed by atoms with Crippen LogP contribution in [0.5, 0.6) is 11.5 Å². The van der Waals surface area contributed by atoms with E-state index in [1.54, 1.807) is 23.9 Å². The lowest BCUT2D eigenvalue weighted by Crippen LogP contribution is -2.55. The Kier molecular flexibility index (Phi) is 8.32. The molecular formula is C35H36FN3O4S. The fraction of sp³-hybridized carbons (Fsp3) is 0.371. The normalized spacial score (nSPS) is 24.4. The van der Waals surface area contributed by atoms with Crippen LogP contribution in [0, 0.1) is 11.7 Å². The molecule has 7 rings (SSSR count). The lowest BCUT2D eigenvalue weighted by atomic mass is 9.83. The molecule has 7 nitrogen and oxygen atoms in total. The first kappa shape index (κ1) is 28.9. The van der Waals surface area contributed by atoms with Gasteiger partial charge >= 0.3 is 0 Å². The number of ether oxygens (including phenoxy) is 2. The molecule has 3 aromatic rings. The molecule has 0 bridgehead atoms. The second kappa shape index (κ2) is 12.7. The standard InChI is InChI=1S/C35H36FN3O4S/c36-28-10-6-25(7-11-28)22-39-29-20-27(9-13-32(29)44-33(35(39)41)19-24-4-2-1-3-5-24)34(40)38-16-14-37(15-17-38)21-26-8-12-30-31(18-26)43-23-42-30/h1-8,10-12,18-19,27,29,32H,9,13-17,20-23H2/b33-19-. The van der Waals surface area contributed by atoms with E-state index >= 15 is 0 Å². The van der Waals surface area contributed by atoms with E-state index in [4.69, 9.17) is 9.47 Å². The molecule has 0 spiro atoms. The first-order valence-corrected chi connectivity index (χ1v) is 16.3. The summed E-state index contributed by atoms with van der Waals surface area (Å²) < 4.78 is 24.6. The van der Waals surface area contributed by atoms with Gasteiger partial charge in [-0.05, 0) is 66.3 Å². The molecule has 228 valence electrons. The minimum atomic E-state index is -0.295. The summed E-state index contributed by atoms with van der Waals surface area (Å²) in [5, 5.41) is 0.214. The van der Waals surface area contributed by atoms with Gasteiger partial charge in [0.25, 0.3) is 5.91 Å². The van der Waals surface area contributed by atoms with Crippen LogP contribution in [0.4, 0.5) is 4.39 Å². The van der Waals surface area contributed by atoms with E-state index in [2.05, 4.69) is 11.0 Å². The zero-order valence-electron chi connectivity index (χ0n) is 24.6. The van der Waals surface area contributed by atoms with Gasteiger partial charge in [-0.3, -0.25) is 14.5 Å². The summed E-state index contributed by atoms with van der Waals surface area (Å²) in [5.74, 6) is 1.36. The molecule has 2 saturated heterocycles. The van der Waals surface area contributed by atoms with E-state index < -0.39 is 0 Å². The molecule has 0 radical (unpaired) electrons. The Morgan fingerprint density at radius 2 is 1.64 bits per heavy atom. The Hall–Kier alpha value is -3.82. The molecule has 9 heteroatoms. The number of rotatable bonds is 6. The molecule has 4 aliphatic rings. The van der Waals surface area contributed by atoms with Crippen molar-refractivity contribution in [2.45, 2.75) is 43.6 Å². The number of hydrogen-bond donors (Lipinski definition) is 0. The van der Waals surface area contributed by atoms with Gasteiger partial charge in [-0.25, -0.2) is 4.39 Å². The van der Waals surface area contributed by atoms with Gasteiger partial charge in [0.05, 0.1) is 4.91 Å². The lowest BCUT2D eigenvalue weighted by molar-refractivity contribution is -0.141. The first-order chi connectivity index (χ1) is 21.5. The highest BCUT2D eigenvalue weighted by Gasteiger charge is 2.45. The Morgan fingerprint density at radius 1 is 0.886 bits per heavy atom. The zero-order valence-corrected chi connectivity index (χ0v) is 25.4. The van der Waals surface area contributed by atoms with Gasteiger partial charge in [-0.1, -0.05) is 48.5 Å². The molecule has 0 N–H and O–H groups in total. The lowest BCUT2D eigenvalue weighted by Gasteiger charge is -2.47. The summed E-state index contributed by atoms with van der Waals surface area (Å²) in [5.41, 5.74) is 3.05. The largest absolute Gasteiger partial charge is 0.454 e. The Morgan fingerprint density at radius 3 is 2.43 bits per heavy atom. The van der Waals surface area contributed by atoms with Crippen LogP contribution in [0.25, 0.3) is 6.08 Å². The predicted octanol–water partition coefficient (Wildman–Crippen LogP) is 5.55. The van der Waals surface area contributed by atoms with E-state index in [1.165, 1.54) is 17.7 Å². The molecule has 1 saturated carbocycles. The van der Waals surface area contributed by atoms with E-state index in [0.29, 0.717) is 26.1 Å². The Bertz CT molecular complexity index is 1540. The molecule has 3 aromatic carbocycles. The molecule has 1 aliphatic carbocycles. The van der Waals surface area contributed by atoms with Crippen molar-refractivity contribution in [2.75, 3.05) is 33.0 Å². The molecule has 2 amide bonds. The molecule has 0 aromatic heterocycles. The van der Waals surface area contributed by atoms with Crippen molar-refractivity contribution in [2.24, 2.45) is 5.92 Å². The number of nitrogens with zero attached hydrogens (tertiary/aromatic N) is 3. The summed E-state index contributed by atoms with van der Waals surface area (Å²) in [6.45, 7) is 4.50. The van der Waals surface area contributed by atoms with Crippen LogP contribution >= 0.6 is 11.8 Å². The van der Waals surface area contributed by atoms with Crippen LogP contribution in [0.15, 0.2) is 77.7 Å². The SMILES string of the molecule is O=C(C1CCC2S/C(=C\c3ccccc3)C(=O)N(Cc3ccc(F)cc3)C2C1)N1CCN(Cc2ccc3c(c2)OCO3)CC1. The topological polar surface area (TPSA) is 62.3 Å².